The Labute approximate surface area is 194 Å². The fourth-order valence-electron chi connectivity index (χ4n) is 4.85. The molecule has 0 aromatic carbocycles. The molecule has 1 N–H and O–H groups in total. The first-order chi connectivity index (χ1) is 15.6. The van der Waals surface area contributed by atoms with Crippen LogP contribution in [0.1, 0.15) is 46.0 Å². The number of nitrogens with one attached hydrogen (secondary N) is 1. The van der Waals surface area contributed by atoms with Gasteiger partial charge in [0.15, 0.2) is 0 Å². The number of halogens is 1. The van der Waals surface area contributed by atoms with Gasteiger partial charge in [-0.05, 0) is 18.9 Å². The van der Waals surface area contributed by atoms with Crippen molar-refractivity contribution < 1.29 is 4.79 Å². The minimum absolute atomic E-state index is 0.235. The summed E-state index contributed by atoms with van der Waals surface area (Å²) < 4.78 is 1.76. The summed E-state index contributed by atoms with van der Waals surface area (Å²) in [6.07, 6.45) is 11.3. The van der Waals surface area contributed by atoms with Crippen LogP contribution < -0.4 is 4.90 Å². The number of aromatic nitrogens is 4. The number of aryl methyl sites for hydroxylation is 1. The molecule has 3 aromatic heterocycles. The molecule has 1 aliphatic carbocycles. The molecular formula is C24H33ClN6O. The molecule has 0 spiro atoms. The third kappa shape index (κ3) is 4.35. The van der Waals surface area contributed by atoms with Crippen molar-refractivity contribution in [1.82, 2.24) is 24.6 Å². The summed E-state index contributed by atoms with van der Waals surface area (Å²) in [5.41, 5.74) is 3.62. The number of aromatic amines is 1. The van der Waals surface area contributed by atoms with Gasteiger partial charge in [-0.3, -0.25) is 9.48 Å². The van der Waals surface area contributed by atoms with E-state index in [4.69, 9.17) is 11.6 Å². The quantitative estimate of drug-likeness (QED) is 0.610. The van der Waals surface area contributed by atoms with Crippen LogP contribution in [0.2, 0.25) is 5.02 Å². The summed E-state index contributed by atoms with van der Waals surface area (Å²) >= 11 is 6.81. The lowest BCUT2D eigenvalue weighted by molar-refractivity contribution is -0.136. The third-order valence-electron chi connectivity index (χ3n) is 6.49. The maximum atomic E-state index is 12.9. The van der Waals surface area contributed by atoms with E-state index in [1.54, 1.807) is 10.9 Å². The van der Waals surface area contributed by atoms with Crippen molar-refractivity contribution in [2.75, 3.05) is 31.1 Å². The van der Waals surface area contributed by atoms with E-state index in [2.05, 4.69) is 24.9 Å². The predicted molar refractivity (Wildman–Crippen MR) is 130 cm³/mol. The molecule has 5 rings (SSSR count). The first-order valence-electron chi connectivity index (χ1n) is 11.8. The monoisotopic (exact) mass is 456 g/mol. The van der Waals surface area contributed by atoms with Crippen LogP contribution in [0.25, 0.3) is 22.3 Å². The Kier molecular flexibility index (Phi) is 7.04. The van der Waals surface area contributed by atoms with Gasteiger partial charge in [-0.1, -0.05) is 44.7 Å². The Hall–Kier alpha value is -2.54. The van der Waals surface area contributed by atoms with E-state index >= 15 is 0 Å². The number of piperazine rings is 1. The molecule has 32 heavy (non-hydrogen) atoms. The third-order valence-corrected chi connectivity index (χ3v) is 6.87. The molecule has 1 aliphatic heterocycles. The molecule has 0 bridgehead atoms. The lowest BCUT2D eigenvalue weighted by Gasteiger charge is -2.38. The molecule has 0 atom stereocenters. The predicted octanol–water partition coefficient (Wildman–Crippen LogP) is 4.87. The van der Waals surface area contributed by atoms with Crippen LogP contribution in [0.15, 0.2) is 24.7 Å². The standard InChI is InChI=1S/C22H27ClN6O.C2H6/c1-27-14-16(13-25-27)20-19(23)18-17(7-8-24-21(18)26-20)28-9-11-29(12-10-28)22(30)15-5-3-2-4-6-15;1-2/h7-8,13-15H,2-6,9-12H2,1H3,(H,24,26);1-2H3. The number of rotatable bonds is 3. The van der Waals surface area contributed by atoms with Gasteiger partial charge in [0.25, 0.3) is 0 Å². The zero-order valence-electron chi connectivity index (χ0n) is 19.3. The number of nitrogens with zero attached hydrogens (tertiary/aromatic N) is 5. The number of carbonyl (C=O) groups is 1. The average molecular weight is 457 g/mol. The van der Waals surface area contributed by atoms with Gasteiger partial charge in [-0.2, -0.15) is 5.10 Å². The van der Waals surface area contributed by atoms with Gasteiger partial charge >= 0.3 is 0 Å². The SMILES string of the molecule is CC.Cn1cc(-c2[nH]c3nccc(N4CCN(C(=O)C5CCCCC5)CC4)c3c2Cl)cn1. The van der Waals surface area contributed by atoms with Gasteiger partial charge in [0.2, 0.25) is 5.91 Å². The molecule has 0 unspecified atom stereocenters. The molecular weight excluding hydrogens is 424 g/mol. The van der Waals surface area contributed by atoms with E-state index in [9.17, 15) is 4.79 Å². The zero-order chi connectivity index (χ0) is 22.7. The first-order valence-corrected chi connectivity index (χ1v) is 12.2. The maximum Gasteiger partial charge on any atom is 0.225 e. The molecule has 8 heteroatoms. The van der Waals surface area contributed by atoms with Crippen molar-refractivity contribution in [1.29, 1.82) is 0 Å². The minimum Gasteiger partial charge on any atom is -0.367 e. The van der Waals surface area contributed by atoms with Crippen LogP contribution in [0.4, 0.5) is 5.69 Å². The van der Waals surface area contributed by atoms with Gasteiger partial charge in [-0.25, -0.2) is 4.98 Å². The van der Waals surface area contributed by atoms with Crippen LogP contribution >= 0.6 is 11.6 Å². The van der Waals surface area contributed by atoms with Crippen LogP contribution in [-0.4, -0.2) is 56.7 Å². The smallest absolute Gasteiger partial charge is 0.225 e. The van der Waals surface area contributed by atoms with E-state index in [0.717, 1.165) is 67.0 Å². The van der Waals surface area contributed by atoms with Crippen LogP contribution in [0, 0.1) is 5.92 Å². The second-order valence-corrected chi connectivity index (χ2v) is 8.80. The van der Waals surface area contributed by atoms with Gasteiger partial charge < -0.3 is 14.8 Å². The summed E-state index contributed by atoms with van der Waals surface area (Å²) in [5, 5.41) is 5.85. The summed E-state index contributed by atoms with van der Waals surface area (Å²) in [6.45, 7) is 7.13. The number of carbonyl (C=O) groups excluding carboxylic acids is 1. The van der Waals surface area contributed by atoms with E-state index in [0.29, 0.717) is 10.9 Å². The van der Waals surface area contributed by atoms with Crippen molar-refractivity contribution in [3.63, 3.8) is 0 Å². The van der Waals surface area contributed by atoms with Crippen molar-refractivity contribution >= 4 is 34.2 Å². The molecule has 1 saturated carbocycles. The molecule has 7 nitrogen and oxygen atoms in total. The molecule has 2 aliphatic rings. The van der Waals surface area contributed by atoms with Crippen molar-refractivity contribution in [2.45, 2.75) is 46.0 Å². The van der Waals surface area contributed by atoms with Crippen molar-refractivity contribution in [2.24, 2.45) is 13.0 Å². The summed E-state index contributed by atoms with van der Waals surface area (Å²) in [4.78, 5) is 25.1. The molecule has 2 fully saturated rings. The first kappa shape index (κ1) is 22.6. The topological polar surface area (TPSA) is 70.1 Å². The number of hydrogen-bond acceptors (Lipinski definition) is 4. The fourth-order valence-corrected chi connectivity index (χ4v) is 5.19. The lowest BCUT2D eigenvalue weighted by Crippen LogP contribution is -2.50. The van der Waals surface area contributed by atoms with Crippen LogP contribution in [-0.2, 0) is 11.8 Å². The van der Waals surface area contributed by atoms with Crippen LogP contribution in [0.5, 0.6) is 0 Å². The van der Waals surface area contributed by atoms with Crippen molar-refractivity contribution in [3.8, 4) is 11.3 Å². The van der Waals surface area contributed by atoms with Gasteiger partial charge in [-0.15, -0.1) is 0 Å². The second-order valence-electron chi connectivity index (χ2n) is 8.42. The summed E-state index contributed by atoms with van der Waals surface area (Å²) in [6, 6.07) is 2.02. The highest BCUT2D eigenvalue weighted by Gasteiger charge is 2.29. The molecule has 1 saturated heterocycles. The number of amides is 1. The Balaban J connectivity index is 0.00000119. The normalized spacial score (nSPS) is 17.4. The number of hydrogen-bond donors (Lipinski definition) is 1. The maximum absolute atomic E-state index is 12.9. The Morgan fingerprint density at radius 2 is 1.84 bits per heavy atom. The Morgan fingerprint density at radius 3 is 2.50 bits per heavy atom. The average Bonchev–Trinajstić information content (AvgIpc) is 3.43. The highest BCUT2D eigenvalue weighted by Crippen LogP contribution is 2.39. The zero-order valence-corrected chi connectivity index (χ0v) is 20.0. The summed E-state index contributed by atoms with van der Waals surface area (Å²) in [7, 11) is 1.89. The molecule has 4 heterocycles. The largest absolute Gasteiger partial charge is 0.367 e. The number of H-pyrrole nitrogens is 1. The second kappa shape index (κ2) is 9.94. The van der Waals surface area contributed by atoms with Crippen molar-refractivity contribution in [3.05, 3.63) is 29.7 Å². The fraction of sp³-hybridized carbons (Fsp3) is 0.542. The van der Waals surface area contributed by atoms with Gasteiger partial charge in [0.05, 0.1) is 28.0 Å². The van der Waals surface area contributed by atoms with Crippen LogP contribution in [0.3, 0.4) is 0 Å². The van der Waals surface area contributed by atoms with Gasteiger partial charge in [0.1, 0.15) is 5.65 Å². The molecule has 172 valence electrons. The number of fused-ring (bicyclic) bond motifs is 1. The Bertz CT molecular complexity index is 1060. The number of pyridine rings is 1. The van der Waals surface area contributed by atoms with E-state index in [1.165, 1.54) is 19.3 Å². The van der Waals surface area contributed by atoms with E-state index in [-0.39, 0.29) is 5.92 Å². The van der Waals surface area contributed by atoms with Gasteiger partial charge in [0, 0.05) is 57.1 Å². The minimum atomic E-state index is 0.235. The Morgan fingerprint density at radius 1 is 1.12 bits per heavy atom. The van der Waals surface area contributed by atoms with E-state index in [1.807, 2.05) is 39.4 Å². The molecule has 3 aromatic rings. The summed E-state index contributed by atoms with van der Waals surface area (Å²) in [5.74, 6) is 0.590. The number of anilines is 1. The van der Waals surface area contributed by atoms with E-state index < -0.39 is 0 Å². The highest BCUT2D eigenvalue weighted by atomic mass is 35.5. The molecule has 1 amide bonds. The highest BCUT2D eigenvalue weighted by molar-refractivity contribution is 6.39. The lowest BCUT2D eigenvalue weighted by atomic mass is 9.88. The molecule has 0 radical (unpaired) electrons.